The van der Waals surface area contributed by atoms with Gasteiger partial charge in [-0.3, -0.25) is 0 Å². The smallest absolute Gasteiger partial charge is 0.165 e. The van der Waals surface area contributed by atoms with E-state index in [-0.39, 0.29) is 5.82 Å². The Bertz CT molecular complexity index is 302. The van der Waals surface area contributed by atoms with Crippen LogP contribution in [-0.2, 0) is 6.54 Å². The summed E-state index contributed by atoms with van der Waals surface area (Å²) >= 11 is 0. The van der Waals surface area contributed by atoms with Gasteiger partial charge in [-0.2, -0.15) is 0 Å². The van der Waals surface area contributed by atoms with Gasteiger partial charge in [0.2, 0.25) is 0 Å². The molecule has 0 unspecified atom stereocenters. The Morgan fingerprint density at radius 1 is 1.33 bits per heavy atom. The quantitative estimate of drug-likeness (QED) is 0.734. The molecular formula is C12H18FNO. The predicted octanol–water partition coefficient (Wildman–Crippen LogP) is 2.85. The van der Waals surface area contributed by atoms with E-state index in [1.807, 2.05) is 0 Å². The normalized spacial score (nSPS) is 10.3. The van der Waals surface area contributed by atoms with Crippen molar-refractivity contribution in [2.24, 2.45) is 5.73 Å². The Hall–Kier alpha value is -1.09. The highest BCUT2D eigenvalue weighted by Gasteiger charge is 2.03. The van der Waals surface area contributed by atoms with E-state index in [2.05, 4.69) is 6.92 Å². The maximum atomic E-state index is 13.4. The first-order valence-electron chi connectivity index (χ1n) is 5.39. The molecule has 0 aliphatic carbocycles. The van der Waals surface area contributed by atoms with Crippen LogP contribution in [-0.4, -0.2) is 6.61 Å². The first-order valence-corrected chi connectivity index (χ1v) is 5.39. The van der Waals surface area contributed by atoms with Crippen molar-refractivity contribution in [1.82, 2.24) is 0 Å². The van der Waals surface area contributed by atoms with Crippen LogP contribution in [0.15, 0.2) is 18.2 Å². The zero-order valence-corrected chi connectivity index (χ0v) is 9.13. The molecule has 0 aliphatic heterocycles. The van der Waals surface area contributed by atoms with Crippen molar-refractivity contribution in [3.05, 3.63) is 29.6 Å². The van der Waals surface area contributed by atoms with Crippen molar-refractivity contribution in [3.8, 4) is 5.75 Å². The van der Waals surface area contributed by atoms with Gasteiger partial charge in [-0.15, -0.1) is 0 Å². The van der Waals surface area contributed by atoms with Crippen molar-refractivity contribution in [2.75, 3.05) is 6.61 Å². The van der Waals surface area contributed by atoms with Crippen LogP contribution in [0.4, 0.5) is 4.39 Å². The summed E-state index contributed by atoms with van der Waals surface area (Å²) in [6.45, 7) is 3.05. The number of unbranched alkanes of at least 4 members (excludes halogenated alkanes) is 2. The lowest BCUT2D eigenvalue weighted by molar-refractivity contribution is 0.291. The van der Waals surface area contributed by atoms with E-state index >= 15 is 0 Å². The number of hydrogen-bond donors (Lipinski definition) is 1. The van der Waals surface area contributed by atoms with E-state index in [0.29, 0.717) is 18.9 Å². The molecule has 0 bridgehead atoms. The van der Waals surface area contributed by atoms with Crippen LogP contribution < -0.4 is 10.5 Å². The fourth-order valence-corrected chi connectivity index (χ4v) is 1.32. The van der Waals surface area contributed by atoms with E-state index in [1.54, 1.807) is 12.1 Å². The molecule has 0 saturated carbocycles. The average Bonchev–Trinajstić information content (AvgIpc) is 2.26. The predicted molar refractivity (Wildman–Crippen MR) is 59.3 cm³/mol. The number of rotatable bonds is 6. The number of benzene rings is 1. The minimum absolute atomic E-state index is 0.323. The zero-order valence-electron chi connectivity index (χ0n) is 9.13. The molecule has 0 aromatic heterocycles. The van der Waals surface area contributed by atoms with Crippen LogP contribution >= 0.6 is 0 Å². The topological polar surface area (TPSA) is 35.2 Å². The Balaban J connectivity index is 2.47. The molecular weight excluding hydrogens is 193 g/mol. The Labute approximate surface area is 90.2 Å². The lowest BCUT2D eigenvalue weighted by atomic mass is 10.2. The molecule has 0 amide bonds. The fourth-order valence-electron chi connectivity index (χ4n) is 1.32. The van der Waals surface area contributed by atoms with Crippen LogP contribution in [0.5, 0.6) is 5.75 Å². The SMILES string of the molecule is CCCCCOc1ccc(CN)cc1F. The number of ether oxygens (including phenoxy) is 1. The summed E-state index contributed by atoms with van der Waals surface area (Å²) in [7, 11) is 0. The second kappa shape index (κ2) is 6.40. The minimum Gasteiger partial charge on any atom is -0.491 e. The minimum atomic E-state index is -0.325. The van der Waals surface area contributed by atoms with Gasteiger partial charge in [-0.1, -0.05) is 25.8 Å². The third-order valence-corrected chi connectivity index (χ3v) is 2.24. The van der Waals surface area contributed by atoms with Gasteiger partial charge in [-0.05, 0) is 24.1 Å². The van der Waals surface area contributed by atoms with E-state index in [4.69, 9.17) is 10.5 Å². The van der Waals surface area contributed by atoms with E-state index in [1.165, 1.54) is 6.07 Å². The van der Waals surface area contributed by atoms with Gasteiger partial charge in [0, 0.05) is 6.54 Å². The third-order valence-electron chi connectivity index (χ3n) is 2.24. The van der Waals surface area contributed by atoms with E-state index in [9.17, 15) is 4.39 Å². The van der Waals surface area contributed by atoms with Crippen LogP contribution in [0.2, 0.25) is 0 Å². The number of nitrogens with two attached hydrogens (primary N) is 1. The van der Waals surface area contributed by atoms with Crippen LogP contribution in [0.1, 0.15) is 31.7 Å². The molecule has 0 heterocycles. The fraction of sp³-hybridized carbons (Fsp3) is 0.500. The van der Waals surface area contributed by atoms with Crippen molar-refractivity contribution in [3.63, 3.8) is 0 Å². The van der Waals surface area contributed by atoms with Gasteiger partial charge < -0.3 is 10.5 Å². The monoisotopic (exact) mass is 211 g/mol. The molecule has 3 heteroatoms. The van der Waals surface area contributed by atoms with E-state index in [0.717, 1.165) is 24.8 Å². The van der Waals surface area contributed by atoms with Crippen LogP contribution in [0, 0.1) is 5.82 Å². The van der Waals surface area contributed by atoms with Gasteiger partial charge >= 0.3 is 0 Å². The molecule has 1 aromatic rings. The second-order valence-corrected chi connectivity index (χ2v) is 3.52. The first kappa shape index (κ1) is 12.0. The summed E-state index contributed by atoms with van der Waals surface area (Å²) in [4.78, 5) is 0. The number of hydrogen-bond acceptors (Lipinski definition) is 2. The molecule has 1 rings (SSSR count). The molecule has 2 nitrogen and oxygen atoms in total. The highest BCUT2D eigenvalue weighted by molar-refractivity contribution is 5.29. The molecule has 1 aromatic carbocycles. The molecule has 15 heavy (non-hydrogen) atoms. The standard InChI is InChI=1S/C12H18FNO/c1-2-3-4-7-15-12-6-5-10(9-14)8-11(12)13/h5-6,8H,2-4,7,9,14H2,1H3. The Morgan fingerprint density at radius 2 is 2.13 bits per heavy atom. The van der Waals surface area contributed by atoms with Crippen LogP contribution in [0.3, 0.4) is 0 Å². The average molecular weight is 211 g/mol. The van der Waals surface area contributed by atoms with E-state index < -0.39 is 0 Å². The molecule has 0 aliphatic rings. The summed E-state index contributed by atoms with van der Waals surface area (Å²) in [5.41, 5.74) is 6.19. The molecule has 0 saturated heterocycles. The maximum Gasteiger partial charge on any atom is 0.165 e. The molecule has 0 radical (unpaired) electrons. The molecule has 0 atom stereocenters. The molecule has 2 N–H and O–H groups in total. The maximum absolute atomic E-state index is 13.4. The van der Waals surface area contributed by atoms with Gasteiger partial charge in [0.05, 0.1) is 6.61 Å². The van der Waals surface area contributed by atoms with Crippen molar-refractivity contribution >= 4 is 0 Å². The molecule has 0 fully saturated rings. The number of halogens is 1. The third kappa shape index (κ3) is 3.88. The van der Waals surface area contributed by atoms with Crippen molar-refractivity contribution in [2.45, 2.75) is 32.7 Å². The lowest BCUT2D eigenvalue weighted by Gasteiger charge is -2.07. The summed E-state index contributed by atoms with van der Waals surface area (Å²) < 4.78 is 18.7. The summed E-state index contributed by atoms with van der Waals surface area (Å²) in [6.07, 6.45) is 3.22. The highest BCUT2D eigenvalue weighted by atomic mass is 19.1. The van der Waals surface area contributed by atoms with Crippen molar-refractivity contribution in [1.29, 1.82) is 0 Å². The Morgan fingerprint density at radius 3 is 2.73 bits per heavy atom. The van der Waals surface area contributed by atoms with Gasteiger partial charge in [0.25, 0.3) is 0 Å². The van der Waals surface area contributed by atoms with Gasteiger partial charge in [0.1, 0.15) is 0 Å². The van der Waals surface area contributed by atoms with Gasteiger partial charge in [-0.25, -0.2) is 4.39 Å². The zero-order chi connectivity index (χ0) is 11.1. The molecule has 0 spiro atoms. The lowest BCUT2D eigenvalue weighted by Crippen LogP contribution is -2.01. The molecule has 84 valence electrons. The first-order chi connectivity index (χ1) is 7.27. The van der Waals surface area contributed by atoms with Crippen molar-refractivity contribution < 1.29 is 9.13 Å². The summed E-state index contributed by atoms with van der Waals surface area (Å²) in [5, 5.41) is 0. The largest absolute Gasteiger partial charge is 0.491 e. The summed E-state index contributed by atoms with van der Waals surface area (Å²) in [6, 6.07) is 4.86. The van der Waals surface area contributed by atoms with Crippen LogP contribution in [0.25, 0.3) is 0 Å². The van der Waals surface area contributed by atoms with Gasteiger partial charge in [0.15, 0.2) is 11.6 Å². The second-order valence-electron chi connectivity index (χ2n) is 3.52. The highest BCUT2D eigenvalue weighted by Crippen LogP contribution is 2.18. The summed E-state index contributed by atoms with van der Waals surface area (Å²) in [5.74, 6) is -0.00208. The Kier molecular flexibility index (Phi) is 5.12.